The van der Waals surface area contributed by atoms with E-state index in [4.69, 9.17) is 0 Å². The van der Waals surface area contributed by atoms with Crippen molar-refractivity contribution in [3.8, 4) is 0 Å². The van der Waals surface area contributed by atoms with Gasteiger partial charge in [0, 0.05) is 20.0 Å². The summed E-state index contributed by atoms with van der Waals surface area (Å²) in [6.07, 6.45) is 10.5. The van der Waals surface area contributed by atoms with Crippen molar-refractivity contribution in [2.45, 2.75) is 59.8 Å². The molecule has 0 saturated carbocycles. The van der Waals surface area contributed by atoms with Gasteiger partial charge in [-0.25, -0.2) is 0 Å². The lowest BCUT2D eigenvalue weighted by molar-refractivity contribution is -0.129. The number of carbonyl (C=O) groups excluding carboxylic acids is 1. The molecule has 138 valence electrons. The molecule has 0 fully saturated rings. The van der Waals surface area contributed by atoms with Crippen LogP contribution >= 0.6 is 0 Å². The Kier molecular flexibility index (Phi) is 9.35. The van der Waals surface area contributed by atoms with Crippen LogP contribution in [0.5, 0.6) is 0 Å². The van der Waals surface area contributed by atoms with Crippen LogP contribution in [0.1, 0.15) is 59.8 Å². The number of carbonyl (C=O) groups is 1. The molecular formula is C21H38N2O. The molecule has 2 atom stereocenters. The zero-order valence-corrected chi connectivity index (χ0v) is 16.8. The number of allylic oxidation sites excluding steroid dienone is 4. The van der Waals surface area contributed by atoms with Gasteiger partial charge in [-0.3, -0.25) is 4.79 Å². The van der Waals surface area contributed by atoms with Gasteiger partial charge in [0.15, 0.2) is 0 Å². The van der Waals surface area contributed by atoms with E-state index in [-0.39, 0.29) is 5.91 Å². The largest absolute Gasteiger partial charge is 0.343 e. The summed E-state index contributed by atoms with van der Waals surface area (Å²) < 4.78 is 0. The molecule has 1 rings (SSSR count). The normalized spacial score (nSPS) is 20.7. The molecule has 1 aliphatic carbocycles. The Morgan fingerprint density at radius 1 is 1.25 bits per heavy atom. The molecule has 3 heteroatoms. The lowest BCUT2D eigenvalue weighted by atomic mass is 9.79. The first-order valence-corrected chi connectivity index (χ1v) is 9.51. The van der Waals surface area contributed by atoms with Gasteiger partial charge in [-0.2, -0.15) is 0 Å². The smallest absolute Gasteiger partial charge is 0.219 e. The topological polar surface area (TPSA) is 23.6 Å². The van der Waals surface area contributed by atoms with Crippen LogP contribution in [0.2, 0.25) is 0 Å². The molecule has 3 nitrogen and oxygen atoms in total. The van der Waals surface area contributed by atoms with Crippen molar-refractivity contribution in [1.29, 1.82) is 0 Å². The van der Waals surface area contributed by atoms with Crippen LogP contribution in [0.3, 0.4) is 0 Å². The third-order valence-electron chi connectivity index (χ3n) is 5.05. The highest BCUT2D eigenvalue weighted by Gasteiger charge is 2.25. The van der Waals surface area contributed by atoms with Crippen molar-refractivity contribution in [1.82, 2.24) is 9.80 Å². The second kappa shape index (κ2) is 10.7. The third-order valence-corrected chi connectivity index (χ3v) is 5.05. The molecule has 0 N–H and O–H groups in total. The van der Waals surface area contributed by atoms with Crippen LogP contribution < -0.4 is 0 Å². The fraction of sp³-hybridized carbons (Fsp3) is 0.762. The highest BCUT2D eigenvalue weighted by molar-refractivity contribution is 5.73. The second-order valence-electron chi connectivity index (χ2n) is 7.98. The Morgan fingerprint density at radius 3 is 2.50 bits per heavy atom. The van der Waals surface area contributed by atoms with Crippen LogP contribution in [0, 0.1) is 11.8 Å². The lowest BCUT2D eigenvalue weighted by Crippen LogP contribution is -2.38. The molecule has 0 spiro atoms. The average Bonchev–Trinajstić information content (AvgIpc) is 2.47. The summed E-state index contributed by atoms with van der Waals surface area (Å²) in [5.41, 5.74) is 3.02. The molecular weight excluding hydrogens is 296 g/mol. The highest BCUT2D eigenvalue weighted by Crippen LogP contribution is 2.32. The summed E-state index contributed by atoms with van der Waals surface area (Å²) in [4.78, 5) is 16.2. The Morgan fingerprint density at radius 2 is 1.96 bits per heavy atom. The van der Waals surface area contributed by atoms with Crippen LogP contribution in [-0.2, 0) is 4.79 Å². The van der Waals surface area contributed by atoms with Crippen molar-refractivity contribution in [3.05, 3.63) is 23.3 Å². The van der Waals surface area contributed by atoms with E-state index in [0.717, 1.165) is 38.9 Å². The molecule has 0 saturated heterocycles. The van der Waals surface area contributed by atoms with E-state index in [9.17, 15) is 4.79 Å². The van der Waals surface area contributed by atoms with Crippen LogP contribution in [0.4, 0.5) is 0 Å². The minimum absolute atomic E-state index is 0.222. The molecule has 0 heterocycles. The van der Waals surface area contributed by atoms with E-state index < -0.39 is 0 Å². The molecule has 0 aromatic rings. The molecule has 0 bridgehead atoms. The maximum Gasteiger partial charge on any atom is 0.219 e. The number of nitrogens with zero attached hydrogens (tertiary/aromatic N) is 2. The van der Waals surface area contributed by atoms with Gasteiger partial charge in [0.25, 0.3) is 0 Å². The fourth-order valence-electron chi connectivity index (χ4n) is 3.46. The van der Waals surface area contributed by atoms with E-state index in [1.165, 1.54) is 18.4 Å². The Hall–Kier alpha value is -1.09. The Labute approximate surface area is 149 Å². The summed E-state index contributed by atoms with van der Waals surface area (Å²) in [6.45, 7) is 11.2. The predicted octanol–water partition coefficient (Wildman–Crippen LogP) is 4.51. The molecule has 1 amide bonds. The summed E-state index contributed by atoms with van der Waals surface area (Å²) in [6, 6.07) is 0. The second-order valence-corrected chi connectivity index (χ2v) is 7.98. The minimum atomic E-state index is 0.222. The third kappa shape index (κ3) is 8.14. The van der Waals surface area contributed by atoms with E-state index in [0.29, 0.717) is 11.8 Å². The average molecular weight is 335 g/mol. The first-order chi connectivity index (χ1) is 11.3. The van der Waals surface area contributed by atoms with Gasteiger partial charge < -0.3 is 9.80 Å². The van der Waals surface area contributed by atoms with Crippen molar-refractivity contribution in [2.75, 3.05) is 33.7 Å². The van der Waals surface area contributed by atoms with E-state index in [2.05, 4.69) is 56.8 Å². The van der Waals surface area contributed by atoms with Crippen LogP contribution in [-0.4, -0.2) is 49.4 Å². The molecule has 0 aliphatic heterocycles. The molecule has 0 aromatic carbocycles. The van der Waals surface area contributed by atoms with Crippen molar-refractivity contribution in [3.63, 3.8) is 0 Å². The van der Waals surface area contributed by atoms with E-state index in [1.54, 1.807) is 12.5 Å². The molecule has 24 heavy (non-hydrogen) atoms. The Bertz CT molecular complexity index is 447. The van der Waals surface area contributed by atoms with Crippen molar-refractivity contribution in [2.24, 2.45) is 11.8 Å². The first kappa shape index (κ1) is 21.0. The van der Waals surface area contributed by atoms with Gasteiger partial charge in [0.2, 0.25) is 5.91 Å². The first-order valence-electron chi connectivity index (χ1n) is 9.51. The molecule has 0 radical (unpaired) electrons. The summed E-state index contributed by atoms with van der Waals surface area (Å²) in [5.74, 6) is 1.51. The minimum Gasteiger partial charge on any atom is -0.343 e. The number of rotatable bonds is 9. The quantitative estimate of drug-likeness (QED) is 0.579. The number of amides is 1. The fourth-order valence-corrected chi connectivity index (χ4v) is 3.46. The monoisotopic (exact) mass is 334 g/mol. The number of hydrogen-bond donors (Lipinski definition) is 0. The molecule has 1 aliphatic rings. The maximum absolute atomic E-state index is 12.0. The maximum atomic E-state index is 12.0. The summed E-state index contributed by atoms with van der Waals surface area (Å²) in [5, 5.41) is 0. The van der Waals surface area contributed by atoms with E-state index in [1.807, 2.05) is 0 Å². The lowest BCUT2D eigenvalue weighted by Gasteiger charge is -2.33. The zero-order chi connectivity index (χ0) is 18.1. The Balaban J connectivity index is 2.50. The van der Waals surface area contributed by atoms with E-state index >= 15 is 0 Å². The van der Waals surface area contributed by atoms with Crippen LogP contribution in [0.15, 0.2) is 23.3 Å². The van der Waals surface area contributed by atoms with Gasteiger partial charge >= 0.3 is 0 Å². The van der Waals surface area contributed by atoms with Gasteiger partial charge in [-0.05, 0) is 78.4 Å². The molecule has 0 unspecified atom stereocenters. The van der Waals surface area contributed by atoms with Crippen molar-refractivity contribution >= 4 is 5.91 Å². The van der Waals surface area contributed by atoms with Crippen LogP contribution in [0.25, 0.3) is 0 Å². The predicted molar refractivity (Wildman–Crippen MR) is 104 cm³/mol. The number of hydrogen-bond acceptors (Lipinski definition) is 2. The van der Waals surface area contributed by atoms with Gasteiger partial charge in [0.05, 0.1) is 0 Å². The summed E-state index contributed by atoms with van der Waals surface area (Å²) >= 11 is 0. The SMILES string of the molecule is CC(=O)N(CCCN(C)C)C[C@H]1CC=C(CCC=C(C)C)C[C@@H]1C. The zero-order valence-electron chi connectivity index (χ0n) is 16.8. The highest BCUT2D eigenvalue weighted by atomic mass is 16.2. The van der Waals surface area contributed by atoms with Gasteiger partial charge in [-0.1, -0.05) is 30.2 Å². The van der Waals surface area contributed by atoms with Crippen molar-refractivity contribution < 1.29 is 4.79 Å². The summed E-state index contributed by atoms with van der Waals surface area (Å²) in [7, 11) is 4.17. The standard InChI is InChI=1S/C21H38N2O/c1-17(2)9-7-10-20-11-12-21(18(3)15-20)16-23(19(4)24)14-8-13-22(5)6/h9,11,18,21H,7-8,10,12-16H2,1-6H3/t18-,21+/m0/s1. The molecule has 0 aromatic heterocycles. The van der Waals surface area contributed by atoms with Gasteiger partial charge in [-0.15, -0.1) is 0 Å². The van der Waals surface area contributed by atoms with Gasteiger partial charge in [0.1, 0.15) is 0 Å².